The Balaban J connectivity index is 1.28. The van der Waals surface area contributed by atoms with Gasteiger partial charge < -0.3 is 19.5 Å². The molecule has 1 N–H and O–H groups in total. The molecule has 2 aromatic carbocycles. The van der Waals surface area contributed by atoms with Gasteiger partial charge in [0.1, 0.15) is 11.6 Å². The van der Waals surface area contributed by atoms with E-state index in [0.717, 1.165) is 29.9 Å². The fourth-order valence-corrected chi connectivity index (χ4v) is 4.53. The number of halogens is 2. The molecule has 30 heavy (non-hydrogen) atoms. The highest BCUT2D eigenvalue weighted by atomic mass is 35.5. The van der Waals surface area contributed by atoms with Crippen molar-refractivity contribution < 1.29 is 13.9 Å². The number of amides is 1. The highest BCUT2D eigenvalue weighted by Gasteiger charge is 2.42. The Morgan fingerprint density at radius 3 is 2.67 bits per heavy atom. The Morgan fingerprint density at radius 1 is 1.13 bits per heavy atom. The molecule has 1 amide bonds. The van der Waals surface area contributed by atoms with Crippen LogP contribution in [-0.4, -0.2) is 35.1 Å². The Hall–Kier alpha value is -2.99. The largest absolute Gasteiger partial charge is 0.484 e. The van der Waals surface area contributed by atoms with Crippen molar-refractivity contribution in [3.05, 3.63) is 77.3 Å². The summed E-state index contributed by atoms with van der Waals surface area (Å²) < 4.78 is 21.6. The van der Waals surface area contributed by atoms with Gasteiger partial charge in [-0.2, -0.15) is 0 Å². The maximum absolute atomic E-state index is 13.8. The number of hydrogen-bond donors (Lipinski definition) is 1. The molecule has 1 fully saturated rings. The van der Waals surface area contributed by atoms with Crippen LogP contribution in [0.2, 0.25) is 5.02 Å². The SMILES string of the molecule is O=C(COc1ccc(Cl)cc1)N1CCC2(CC1)Nc1cc(F)ccc1-n1cccc12. The summed E-state index contributed by atoms with van der Waals surface area (Å²) >= 11 is 5.88. The van der Waals surface area contributed by atoms with Gasteiger partial charge in [0, 0.05) is 30.0 Å². The third-order valence-corrected chi connectivity index (χ3v) is 6.23. The van der Waals surface area contributed by atoms with E-state index in [0.29, 0.717) is 23.9 Å². The Labute approximate surface area is 179 Å². The quantitative estimate of drug-likeness (QED) is 0.667. The van der Waals surface area contributed by atoms with Crippen LogP contribution in [0.25, 0.3) is 5.69 Å². The van der Waals surface area contributed by atoms with Crippen molar-refractivity contribution in [1.82, 2.24) is 9.47 Å². The van der Waals surface area contributed by atoms with Gasteiger partial charge in [-0.15, -0.1) is 0 Å². The van der Waals surface area contributed by atoms with Crippen LogP contribution in [0.4, 0.5) is 10.1 Å². The van der Waals surface area contributed by atoms with Gasteiger partial charge in [-0.05, 0) is 67.4 Å². The summed E-state index contributed by atoms with van der Waals surface area (Å²) in [6.07, 6.45) is 3.48. The number of piperidine rings is 1. The maximum atomic E-state index is 13.8. The number of aromatic nitrogens is 1. The van der Waals surface area contributed by atoms with E-state index in [1.165, 1.54) is 12.1 Å². The van der Waals surface area contributed by atoms with Crippen LogP contribution in [-0.2, 0) is 10.3 Å². The van der Waals surface area contributed by atoms with Crippen molar-refractivity contribution in [3.8, 4) is 11.4 Å². The molecule has 0 radical (unpaired) electrons. The fourth-order valence-electron chi connectivity index (χ4n) is 4.41. The minimum absolute atomic E-state index is 0.00746. The molecule has 5 nitrogen and oxygen atoms in total. The van der Waals surface area contributed by atoms with Crippen LogP contribution in [0, 0.1) is 5.82 Å². The molecule has 154 valence electrons. The van der Waals surface area contributed by atoms with Crippen molar-refractivity contribution in [3.63, 3.8) is 0 Å². The van der Waals surface area contributed by atoms with Gasteiger partial charge in [-0.3, -0.25) is 4.79 Å². The lowest BCUT2D eigenvalue weighted by Crippen LogP contribution is -2.51. The number of nitrogens with zero attached hydrogens (tertiary/aromatic N) is 2. The Morgan fingerprint density at radius 2 is 1.90 bits per heavy atom. The fraction of sp³-hybridized carbons (Fsp3) is 0.261. The zero-order chi connectivity index (χ0) is 20.7. The number of anilines is 1. The first-order chi connectivity index (χ1) is 14.5. The van der Waals surface area contributed by atoms with E-state index < -0.39 is 0 Å². The molecule has 0 aliphatic carbocycles. The average Bonchev–Trinajstić information content (AvgIpc) is 3.25. The number of carbonyl (C=O) groups is 1. The van der Waals surface area contributed by atoms with Crippen LogP contribution in [0.1, 0.15) is 18.5 Å². The van der Waals surface area contributed by atoms with Gasteiger partial charge in [0.15, 0.2) is 6.61 Å². The number of nitrogens with one attached hydrogen (secondary N) is 1. The van der Waals surface area contributed by atoms with E-state index in [1.807, 2.05) is 17.2 Å². The van der Waals surface area contributed by atoms with Crippen LogP contribution in [0.15, 0.2) is 60.8 Å². The third kappa shape index (κ3) is 3.31. The molecule has 2 aliphatic heterocycles. The lowest BCUT2D eigenvalue weighted by atomic mass is 9.82. The zero-order valence-electron chi connectivity index (χ0n) is 16.3. The van der Waals surface area contributed by atoms with Crippen molar-refractivity contribution in [1.29, 1.82) is 0 Å². The van der Waals surface area contributed by atoms with Crippen LogP contribution in [0.3, 0.4) is 0 Å². The molecule has 1 saturated heterocycles. The highest BCUT2D eigenvalue weighted by Crippen LogP contribution is 2.43. The second-order valence-corrected chi connectivity index (χ2v) is 8.19. The predicted molar refractivity (Wildman–Crippen MR) is 114 cm³/mol. The van der Waals surface area contributed by atoms with Crippen molar-refractivity contribution >= 4 is 23.2 Å². The standard InChI is InChI=1S/C23H21ClFN3O2/c24-16-3-6-18(7-4-16)30-15-22(29)27-12-9-23(10-13-27)21-2-1-11-28(21)20-8-5-17(25)14-19(20)26-23/h1-8,11,14,26H,9-10,12-13,15H2. The van der Waals surface area contributed by atoms with Gasteiger partial charge in [0.2, 0.25) is 0 Å². The molecule has 3 aromatic rings. The van der Waals surface area contributed by atoms with E-state index in [1.54, 1.807) is 30.3 Å². The van der Waals surface area contributed by atoms with Crippen molar-refractivity contribution in [2.45, 2.75) is 18.4 Å². The second-order valence-electron chi connectivity index (χ2n) is 7.76. The molecule has 3 heterocycles. The number of carbonyl (C=O) groups excluding carboxylic acids is 1. The first-order valence-corrected chi connectivity index (χ1v) is 10.3. The second kappa shape index (κ2) is 7.36. The van der Waals surface area contributed by atoms with Gasteiger partial charge in [-0.1, -0.05) is 11.6 Å². The van der Waals surface area contributed by atoms with E-state index in [2.05, 4.69) is 16.0 Å². The molecule has 5 rings (SSSR count). The molecule has 1 spiro atoms. The van der Waals surface area contributed by atoms with Gasteiger partial charge in [0.05, 0.1) is 16.9 Å². The first kappa shape index (κ1) is 19.0. The zero-order valence-corrected chi connectivity index (χ0v) is 17.0. The predicted octanol–water partition coefficient (Wildman–Crippen LogP) is 4.59. The molecule has 0 saturated carbocycles. The molecule has 2 aliphatic rings. The molecular weight excluding hydrogens is 405 g/mol. The minimum Gasteiger partial charge on any atom is -0.484 e. The molecule has 1 aromatic heterocycles. The van der Waals surface area contributed by atoms with Crippen LogP contribution in [0.5, 0.6) is 5.75 Å². The summed E-state index contributed by atoms with van der Waals surface area (Å²) in [5, 5.41) is 4.20. The first-order valence-electron chi connectivity index (χ1n) is 9.96. The average molecular weight is 426 g/mol. The van der Waals surface area contributed by atoms with E-state index in [9.17, 15) is 9.18 Å². The van der Waals surface area contributed by atoms with Crippen LogP contribution >= 0.6 is 11.6 Å². The summed E-state index contributed by atoms with van der Waals surface area (Å²) in [5.74, 6) is 0.308. The minimum atomic E-state index is -0.321. The number of benzene rings is 2. The van der Waals surface area contributed by atoms with E-state index in [4.69, 9.17) is 16.3 Å². The third-order valence-electron chi connectivity index (χ3n) is 5.98. The summed E-state index contributed by atoms with van der Waals surface area (Å²) in [6, 6.07) is 15.9. The topological polar surface area (TPSA) is 46.5 Å². The highest BCUT2D eigenvalue weighted by molar-refractivity contribution is 6.30. The van der Waals surface area contributed by atoms with Crippen LogP contribution < -0.4 is 10.1 Å². The van der Waals surface area contributed by atoms with Gasteiger partial charge in [-0.25, -0.2) is 4.39 Å². The summed E-state index contributed by atoms with van der Waals surface area (Å²) in [7, 11) is 0. The molecule has 0 unspecified atom stereocenters. The molecule has 0 bridgehead atoms. The van der Waals surface area contributed by atoms with Crippen molar-refractivity contribution in [2.75, 3.05) is 25.0 Å². The molecule has 7 heteroatoms. The van der Waals surface area contributed by atoms with E-state index >= 15 is 0 Å². The number of hydrogen-bond acceptors (Lipinski definition) is 3. The lowest BCUT2D eigenvalue weighted by molar-refractivity contribution is -0.134. The smallest absolute Gasteiger partial charge is 0.260 e. The number of ether oxygens (including phenoxy) is 1. The monoisotopic (exact) mass is 425 g/mol. The lowest BCUT2D eigenvalue weighted by Gasteiger charge is -2.46. The van der Waals surface area contributed by atoms with Crippen molar-refractivity contribution in [2.24, 2.45) is 0 Å². The Kier molecular flexibility index (Phi) is 4.66. The number of fused-ring (bicyclic) bond motifs is 4. The summed E-state index contributed by atoms with van der Waals surface area (Å²) in [5.41, 5.74) is 2.55. The normalized spacial score (nSPS) is 16.5. The molecular formula is C23H21ClFN3O2. The van der Waals surface area contributed by atoms with Gasteiger partial charge in [0.25, 0.3) is 5.91 Å². The van der Waals surface area contributed by atoms with Gasteiger partial charge >= 0.3 is 0 Å². The number of likely N-dealkylation sites (tertiary alicyclic amines) is 1. The summed E-state index contributed by atoms with van der Waals surface area (Å²) in [4.78, 5) is 14.5. The molecule has 0 atom stereocenters. The summed E-state index contributed by atoms with van der Waals surface area (Å²) in [6.45, 7) is 1.20. The Bertz CT molecular complexity index is 1090. The van der Waals surface area contributed by atoms with E-state index in [-0.39, 0.29) is 23.9 Å². The maximum Gasteiger partial charge on any atom is 0.260 e. The number of rotatable bonds is 3.